The Morgan fingerprint density at radius 2 is 1.89 bits per heavy atom. The summed E-state index contributed by atoms with van der Waals surface area (Å²) in [6, 6.07) is 13.7. The van der Waals surface area contributed by atoms with Crippen molar-refractivity contribution in [3.63, 3.8) is 0 Å². The number of amides is 1. The third kappa shape index (κ3) is 5.04. The Hall–Kier alpha value is -2.08. The molecule has 1 aliphatic rings. The van der Waals surface area contributed by atoms with Crippen molar-refractivity contribution >= 4 is 23.2 Å². The maximum absolute atomic E-state index is 12.8. The monoisotopic (exact) mass is 403 g/mol. The van der Waals surface area contributed by atoms with Gasteiger partial charge in [0.2, 0.25) is 0 Å². The van der Waals surface area contributed by atoms with Crippen LogP contribution in [0, 0.1) is 6.92 Å². The SMILES string of the molecule is COc1ccc(Cl)cc1NC(=O)[C@@H](C)[NH+]1CC[NH+](Cc2ccccc2C)CC1. The lowest BCUT2D eigenvalue weighted by molar-refractivity contribution is -1.02. The van der Waals surface area contributed by atoms with E-state index in [1.54, 1.807) is 30.2 Å². The molecule has 1 amide bonds. The predicted octanol–water partition coefficient (Wildman–Crippen LogP) is 0.968. The first kappa shape index (κ1) is 20.6. The molecule has 0 aliphatic carbocycles. The molecule has 1 fully saturated rings. The van der Waals surface area contributed by atoms with E-state index < -0.39 is 0 Å². The van der Waals surface area contributed by atoms with Gasteiger partial charge < -0.3 is 19.9 Å². The van der Waals surface area contributed by atoms with Crippen molar-refractivity contribution in [2.45, 2.75) is 26.4 Å². The molecule has 1 aliphatic heterocycles. The first-order valence-electron chi connectivity index (χ1n) is 9.85. The van der Waals surface area contributed by atoms with Crippen LogP contribution >= 0.6 is 11.6 Å². The van der Waals surface area contributed by atoms with Gasteiger partial charge in [-0.1, -0.05) is 35.9 Å². The van der Waals surface area contributed by atoms with Gasteiger partial charge in [0.05, 0.1) is 12.8 Å². The number of anilines is 1. The van der Waals surface area contributed by atoms with Crippen molar-refractivity contribution < 1.29 is 19.3 Å². The number of benzene rings is 2. The van der Waals surface area contributed by atoms with Crippen molar-refractivity contribution in [1.29, 1.82) is 0 Å². The number of halogens is 1. The van der Waals surface area contributed by atoms with Crippen molar-refractivity contribution in [1.82, 2.24) is 0 Å². The molecule has 0 radical (unpaired) electrons. The van der Waals surface area contributed by atoms with Crippen LogP contribution in [0.2, 0.25) is 5.02 Å². The van der Waals surface area contributed by atoms with Gasteiger partial charge in [-0.2, -0.15) is 0 Å². The van der Waals surface area contributed by atoms with Crippen molar-refractivity contribution in [2.24, 2.45) is 0 Å². The van der Waals surface area contributed by atoms with Gasteiger partial charge >= 0.3 is 0 Å². The number of hydrogen-bond acceptors (Lipinski definition) is 2. The quantitative estimate of drug-likeness (QED) is 0.673. The number of methoxy groups -OCH3 is 1. The maximum atomic E-state index is 12.8. The Labute approximate surface area is 172 Å². The number of quaternary nitrogens is 2. The Kier molecular flexibility index (Phi) is 6.94. The van der Waals surface area contributed by atoms with E-state index in [4.69, 9.17) is 16.3 Å². The Balaban J connectivity index is 1.55. The van der Waals surface area contributed by atoms with Crippen LogP contribution in [0.15, 0.2) is 42.5 Å². The zero-order valence-corrected chi connectivity index (χ0v) is 17.6. The average Bonchev–Trinajstić information content (AvgIpc) is 2.70. The second-order valence-electron chi connectivity index (χ2n) is 7.57. The lowest BCUT2D eigenvalue weighted by Gasteiger charge is -2.32. The molecular formula is C22H30ClN3O2+2. The maximum Gasteiger partial charge on any atom is 0.282 e. The molecule has 0 aromatic heterocycles. The largest absolute Gasteiger partial charge is 0.495 e. The fourth-order valence-corrected chi connectivity index (χ4v) is 3.99. The summed E-state index contributed by atoms with van der Waals surface area (Å²) in [6.07, 6.45) is 0. The second kappa shape index (κ2) is 9.41. The summed E-state index contributed by atoms with van der Waals surface area (Å²) in [5.74, 6) is 0.616. The molecule has 5 nitrogen and oxygen atoms in total. The van der Waals surface area contributed by atoms with Gasteiger partial charge in [-0.25, -0.2) is 0 Å². The van der Waals surface area contributed by atoms with Crippen LogP contribution < -0.4 is 19.9 Å². The number of carbonyl (C=O) groups is 1. The molecule has 2 aromatic carbocycles. The van der Waals surface area contributed by atoms with E-state index in [1.807, 2.05) is 6.92 Å². The summed E-state index contributed by atoms with van der Waals surface area (Å²) in [4.78, 5) is 15.7. The number of rotatable bonds is 6. The van der Waals surface area contributed by atoms with Crippen LogP contribution in [0.5, 0.6) is 5.75 Å². The number of carbonyl (C=O) groups excluding carboxylic acids is 1. The Bertz CT molecular complexity index is 819. The molecule has 0 saturated carbocycles. The Morgan fingerprint density at radius 3 is 2.57 bits per heavy atom. The summed E-state index contributed by atoms with van der Waals surface area (Å²) < 4.78 is 5.32. The van der Waals surface area contributed by atoms with E-state index in [0.29, 0.717) is 16.5 Å². The molecular weight excluding hydrogens is 374 g/mol. The lowest BCUT2D eigenvalue weighted by atomic mass is 10.1. The van der Waals surface area contributed by atoms with Crippen molar-refractivity contribution in [3.05, 3.63) is 58.6 Å². The molecule has 1 saturated heterocycles. The summed E-state index contributed by atoms with van der Waals surface area (Å²) >= 11 is 6.06. The van der Waals surface area contributed by atoms with Crippen LogP contribution in [0.1, 0.15) is 18.1 Å². The standard InChI is InChI=1S/C22H28ClN3O2/c1-16-6-4-5-7-18(16)15-25-10-12-26(13-11-25)17(2)22(27)24-20-14-19(23)8-9-21(20)28-3/h4-9,14,17H,10-13,15H2,1-3H3,(H,24,27)/p+2/t17-/m1/s1. The fourth-order valence-electron chi connectivity index (χ4n) is 3.82. The normalized spacial score (nSPS) is 20.4. The first-order chi connectivity index (χ1) is 13.5. The van der Waals surface area contributed by atoms with Gasteiger partial charge in [0.25, 0.3) is 5.91 Å². The molecule has 0 spiro atoms. The van der Waals surface area contributed by atoms with Gasteiger partial charge in [0.1, 0.15) is 38.5 Å². The molecule has 0 unspecified atom stereocenters. The van der Waals surface area contributed by atoms with E-state index in [9.17, 15) is 4.79 Å². The minimum Gasteiger partial charge on any atom is -0.495 e. The van der Waals surface area contributed by atoms with Gasteiger partial charge in [0.15, 0.2) is 6.04 Å². The van der Waals surface area contributed by atoms with Crippen LogP contribution in [0.3, 0.4) is 0 Å². The summed E-state index contributed by atoms with van der Waals surface area (Å²) in [5.41, 5.74) is 3.39. The third-order valence-corrected chi connectivity index (χ3v) is 5.96. The molecule has 3 N–H and O–H groups in total. The zero-order valence-electron chi connectivity index (χ0n) is 16.8. The fraction of sp³-hybridized carbons (Fsp3) is 0.409. The van der Waals surface area contributed by atoms with E-state index in [1.165, 1.54) is 16.0 Å². The summed E-state index contributed by atoms with van der Waals surface area (Å²) in [5, 5.41) is 3.56. The van der Waals surface area contributed by atoms with Gasteiger partial charge in [-0.3, -0.25) is 4.79 Å². The zero-order chi connectivity index (χ0) is 20.1. The van der Waals surface area contributed by atoms with Crippen molar-refractivity contribution in [2.75, 3.05) is 38.6 Å². The van der Waals surface area contributed by atoms with Crippen LogP contribution in [-0.4, -0.2) is 45.2 Å². The van der Waals surface area contributed by atoms with Gasteiger partial charge in [-0.15, -0.1) is 0 Å². The van der Waals surface area contributed by atoms with Crippen LogP contribution in [-0.2, 0) is 11.3 Å². The number of nitrogens with one attached hydrogen (secondary N) is 3. The molecule has 150 valence electrons. The van der Waals surface area contributed by atoms with E-state index in [2.05, 4.69) is 36.5 Å². The highest BCUT2D eigenvalue weighted by molar-refractivity contribution is 6.31. The highest BCUT2D eigenvalue weighted by atomic mass is 35.5. The highest BCUT2D eigenvalue weighted by Crippen LogP contribution is 2.27. The van der Waals surface area contributed by atoms with E-state index in [0.717, 1.165) is 32.7 Å². The first-order valence-corrected chi connectivity index (χ1v) is 10.2. The molecule has 1 atom stereocenters. The smallest absolute Gasteiger partial charge is 0.282 e. The minimum absolute atomic E-state index is 0.00193. The van der Waals surface area contributed by atoms with Gasteiger partial charge in [0, 0.05) is 10.6 Å². The molecule has 28 heavy (non-hydrogen) atoms. The summed E-state index contributed by atoms with van der Waals surface area (Å²) in [6.45, 7) is 9.34. The molecule has 6 heteroatoms. The number of piperazine rings is 1. The Morgan fingerprint density at radius 1 is 1.18 bits per heavy atom. The lowest BCUT2D eigenvalue weighted by Crippen LogP contribution is -3.29. The number of aryl methyl sites for hydroxylation is 1. The molecule has 1 heterocycles. The molecule has 0 bridgehead atoms. The summed E-state index contributed by atoms with van der Waals surface area (Å²) in [7, 11) is 1.59. The van der Waals surface area contributed by atoms with E-state index in [-0.39, 0.29) is 11.9 Å². The van der Waals surface area contributed by atoms with Crippen LogP contribution in [0.25, 0.3) is 0 Å². The van der Waals surface area contributed by atoms with Gasteiger partial charge in [-0.05, 0) is 37.6 Å². The van der Waals surface area contributed by atoms with E-state index >= 15 is 0 Å². The third-order valence-electron chi connectivity index (χ3n) is 5.73. The molecule has 2 aromatic rings. The number of hydrogen-bond donors (Lipinski definition) is 3. The highest BCUT2D eigenvalue weighted by Gasteiger charge is 2.31. The predicted molar refractivity (Wildman–Crippen MR) is 112 cm³/mol. The minimum atomic E-state index is -0.122. The second-order valence-corrected chi connectivity index (χ2v) is 8.00. The average molecular weight is 404 g/mol. The molecule has 3 rings (SSSR count). The van der Waals surface area contributed by atoms with Crippen molar-refractivity contribution in [3.8, 4) is 5.75 Å². The number of ether oxygens (including phenoxy) is 1. The van der Waals surface area contributed by atoms with Crippen LogP contribution in [0.4, 0.5) is 5.69 Å². The topological polar surface area (TPSA) is 47.2 Å².